The lowest BCUT2D eigenvalue weighted by atomic mass is 10.0. The fourth-order valence-corrected chi connectivity index (χ4v) is 4.64. The van der Waals surface area contributed by atoms with E-state index >= 15 is 0 Å². The van der Waals surface area contributed by atoms with Crippen LogP contribution in [-0.4, -0.2) is 56.0 Å². The Morgan fingerprint density at radius 1 is 1.09 bits per heavy atom. The molecule has 10 heteroatoms. The molecule has 1 amide bonds. The van der Waals surface area contributed by atoms with Gasteiger partial charge in [0.2, 0.25) is 0 Å². The lowest BCUT2D eigenvalue weighted by Crippen LogP contribution is -2.38. The van der Waals surface area contributed by atoms with E-state index in [-0.39, 0.29) is 17.2 Å². The van der Waals surface area contributed by atoms with Crippen molar-refractivity contribution >= 4 is 34.2 Å². The number of ether oxygens (including phenoxy) is 4. The SMILES string of the molecule is CCOC(=O)c1c(-c2ccc(OC)c(OC)c2)csc1NC(=O)COC(=O)C1(O)CCCC1. The Morgan fingerprint density at radius 2 is 1.79 bits per heavy atom. The van der Waals surface area contributed by atoms with E-state index in [0.717, 1.165) is 24.2 Å². The number of esters is 2. The molecule has 33 heavy (non-hydrogen) atoms. The third-order valence-corrected chi connectivity index (χ3v) is 6.26. The van der Waals surface area contributed by atoms with Gasteiger partial charge in [0.15, 0.2) is 23.7 Å². The molecule has 1 fully saturated rings. The number of thiophene rings is 1. The Hall–Kier alpha value is -3.11. The average Bonchev–Trinajstić information content (AvgIpc) is 3.44. The minimum absolute atomic E-state index is 0.156. The van der Waals surface area contributed by atoms with E-state index in [2.05, 4.69) is 5.32 Å². The number of anilines is 1. The van der Waals surface area contributed by atoms with Gasteiger partial charge >= 0.3 is 11.9 Å². The predicted octanol–water partition coefficient (Wildman–Crippen LogP) is 3.40. The summed E-state index contributed by atoms with van der Waals surface area (Å²) in [6.45, 7) is 1.27. The number of rotatable bonds is 9. The highest BCUT2D eigenvalue weighted by molar-refractivity contribution is 7.15. The number of aliphatic hydroxyl groups is 1. The van der Waals surface area contributed by atoms with E-state index in [1.54, 1.807) is 30.5 Å². The van der Waals surface area contributed by atoms with Crippen molar-refractivity contribution in [2.24, 2.45) is 0 Å². The lowest BCUT2D eigenvalue weighted by Gasteiger charge is -2.19. The van der Waals surface area contributed by atoms with Crippen molar-refractivity contribution in [1.82, 2.24) is 0 Å². The summed E-state index contributed by atoms with van der Waals surface area (Å²) in [6.07, 6.45) is 2.10. The highest BCUT2D eigenvalue weighted by Crippen LogP contribution is 2.39. The van der Waals surface area contributed by atoms with Gasteiger partial charge in [0.1, 0.15) is 10.6 Å². The quantitative estimate of drug-likeness (QED) is 0.527. The molecular formula is C23H27NO8S. The standard InChI is InChI=1S/C23H27NO8S/c1-4-31-21(26)19-15(14-7-8-16(29-2)17(11-14)30-3)13-33-20(19)24-18(25)12-32-22(27)23(28)9-5-6-10-23/h7-8,11,13,28H,4-6,9-10,12H2,1-3H3,(H,24,25). The van der Waals surface area contributed by atoms with Crippen LogP contribution in [0.2, 0.25) is 0 Å². The van der Waals surface area contributed by atoms with Crippen molar-refractivity contribution in [1.29, 1.82) is 0 Å². The minimum atomic E-state index is -1.53. The van der Waals surface area contributed by atoms with Gasteiger partial charge in [-0.05, 0) is 50.3 Å². The number of methoxy groups -OCH3 is 2. The smallest absolute Gasteiger partial charge is 0.341 e. The van der Waals surface area contributed by atoms with Gasteiger partial charge in [0.05, 0.1) is 20.8 Å². The molecule has 3 rings (SSSR count). The summed E-state index contributed by atoms with van der Waals surface area (Å²) in [5, 5.41) is 14.9. The Balaban J connectivity index is 1.81. The van der Waals surface area contributed by atoms with Gasteiger partial charge < -0.3 is 29.4 Å². The molecule has 1 aliphatic rings. The van der Waals surface area contributed by atoms with Gasteiger partial charge in [0, 0.05) is 10.9 Å². The molecule has 0 radical (unpaired) electrons. The first-order chi connectivity index (χ1) is 15.8. The van der Waals surface area contributed by atoms with Crippen molar-refractivity contribution in [3.05, 3.63) is 29.1 Å². The zero-order valence-corrected chi connectivity index (χ0v) is 19.6. The number of nitrogens with one attached hydrogen (secondary N) is 1. The van der Waals surface area contributed by atoms with Crippen LogP contribution in [0, 0.1) is 0 Å². The number of amides is 1. The van der Waals surface area contributed by atoms with Crippen LogP contribution in [0.15, 0.2) is 23.6 Å². The molecule has 0 saturated heterocycles. The van der Waals surface area contributed by atoms with Crippen LogP contribution in [0.5, 0.6) is 11.5 Å². The van der Waals surface area contributed by atoms with Crippen molar-refractivity contribution in [2.75, 3.05) is 32.8 Å². The summed E-state index contributed by atoms with van der Waals surface area (Å²) in [6, 6.07) is 5.20. The van der Waals surface area contributed by atoms with Crippen LogP contribution in [0.4, 0.5) is 5.00 Å². The summed E-state index contributed by atoms with van der Waals surface area (Å²) >= 11 is 1.14. The maximum Gasteiger partial charge on any atom is 0.341 e. The summed E-state index contributed by atoms with van der Waals surface area (Å²) in [5.41, 5.74) is -0.127. The molecule has 2 aromatic rings. The maximum absolute atomic E-state index is 12.7. The van der Waals surface area contributed by atoms with Crippen LogP contribution in [0.1, 0.15) is 43.0 Å². The highest BCUT2D eigenvalue weighted by Gasteiger charge is 2.40. The molecule has 9 nitrogen and oxygen atoms in total. The zero-order valence-electron chi connectivity index (χ0n) is 18.8. The third-order valence-electron chi connectivity index (χ3n) is 5.36. The first kappa shape index (κ1) is 24.5. The van der Waals surface area contributed by atoms with Gasteiger partial charge in [-0.3, -0.25) is 4.79 Å². The molecule has 1 aromatic heterocycles. The highest BCUT2D eigenvalue weighted by atomic mass is 32.1. The minimum Gasteiger partial charge on any atom is -0.493 e. The molecule has 178 valence electrons. The predicted molar refractivity (Wildman–Crippen MR) is 122 cm³/mol. The second kappa shape index (κ2) is 10.7. The second-order valence-electron chi connectivity index (χ2n) is 7.51. The Morgan fingerprint density at radius 3 is 2.42 bits per heavy atom. The average molecular weight is 478 g/mol. The molecular weight excluding hydrogens is 450 g/mol. The van der Waals surface area contributed by atoms with Crippen molar-refractivity contribution in [2.45, 2.75) is 38.2 Å². The van der Waals surface area contributed by atoms with E-state index in [1.165, 1.54) is 14.2 Å². The molecule has 0 atom stereocenters. The number of hydrogen-bond donors (Lipinski definition) is 2. The summed E-state index contributed by atoms with van der Waals surface area (Å²) < 4.78 is 20.8. The molecule has 0 spiro atoms. The van der Waals surface area contributed by atoms with Crippen LogP contribution >= 0.6 is 11.3 Å². The van der Waals surface area contributed by atoms with E-state index in [9.17, 15) is 19.5 Å². The number of carbonyl (C=O) groups is 3. The van der Waals surface area contributed by atoms with Crippen molar-refractivity contribution < 1.29 is 38.4 Å². The normalized spacial score (nSPS) is 14.4. The monoisotopic (exact) mass is 477 g/mol. The molecule has 2 N–H and O–H groups in total. The van der Waals surface area contributed by atoms with E-state index in [1.807, 2.05) is 0 Å². The molecule has 1 aromatic carbocycles. The third kappa shape index (κ3) is 5.45. The fraction of sp³-hybridized carbons (Fsp3) is 0.435. The number of hydrogen-bond acceptors (Lipinski definition) is 9. The zero-order chi connectivity index (χ0) is 24.0. The van der Waals surface area contributed by atoms with Crippen LogP contribution < -0.4 is 14.8 Å². The summed E-state index contributed by atoms with van der Waals surface area (Å²) in [4.78, 5) is 37.3. The first-order valence-electron chi connectivity index (χ1n) is 10.5. The molecule has 0 aliphatic heterocycles. The molecule has 1 heterocycles. The van der Waals surface area contributed by atoms with Crippen LogP contribution in [0.3, 0.4) is 0 Å². The van der Waals surface area contributed by atoms with E-state index in [0.29, 0.717) is 35.5 Å². The maximum atomic E-state index is 12.7. The molecule has 0 unspecified atom stereocenters. The topological polar surface area (TPSA) is 120 Å². The van der Waals surface area contributed by atoms with E-state index in [4.69, 9.17) is 18.9 Å². The molecule has 0 bridgehead atoms. The number of carbonyl (C=O) groups excluding carboxylic acids is 3. The van der Waals surface area contributed by atoms with Crippen molar-refractivity contribution in [3.8, 4) is 22.6 Å². The first-order valence-corrected chi connectivity index (χ1v) is 11.4. The second-order valence-corrected chi connectivity index (χ2v) is 8.39. The van der Waals surface area contributed by atoms with Gasteiger partial charge in [-0.1, -0.05) is 6.07 Å². The van der Waals surface area contributed by atoms with Gasteiger partial charge in [0.25, 0.3) is 5.91 Å². The Kier molecular flexibility index (Phi) is 7.93. The van der Waals surface area contributed by atoms with Gasteiger partial charge in [-0.25, -0.2) is 9.59 Å². The van der Waals surface area contributed by atoms with Crippen molar-refractivity contribution in [3.63, 3.8) is 0 Å². The van der Waals surface area contributed by atoms with E-state index < -0.39 is 30.1 Å². The largest absolute Gasteiger partial charge is 0.493 e. The Bertz CT molecular complexity index is 1030. The van der Waals surface area contributed by atoms with Crippen LogP contribution in [0.25, 0.3) is 11.1 Å². The van der Waals surface area contributed by atoms with Crippen LogP contribution in [-0.2, 0) is 19.1 Å². The molecule has 1 saturated carbocycles. The summed E-state index contributed by atoms with van der Waals surface area (Å²) in [5.74, 6) is -1.02. The Labute approximate surface area is 195 Å². The lowest BCUT2D eigenvalue weighted by molar-refractivity contribution is -0.166. The van der Waals surface area contributed by atoms with Gasteiger partial charge in [-0.15, -0.1) is 11.3 Å². The van der Waals surface area contributed by atoms with Gasteiger partial charge in [-0.2, -0.15) is 0 Å². The molecule has 1 aliphatic carbocycles. The summed E-state index contributed by atoms with van der Waals surface area (Å²) in [7, 11) is 3.04. The number of benzene rings is 1. The fourth-order valence-electron chi connectivity index (χ4n) is 3.66.